The summed E-state index contributed by atoms with van der Waals surface area (Å²) in [6.07, 6.45) is 1.99. The van der Waals surface area contributed by atoms with Crippen LogP contribution in [0, 0.1) is 5.82 Å². The second kappa shape index (κ2) is 10.0. The van der Waals surface area contributed by atoms with Crippen LogP contribution in [0.15, 0.2) is 59.8 Å². The largest absolute Gasteiger partial charge is 0.355 e. The molecule has 28 heavy (non-hydrogen) atoms. The third-order valence-electron chi connectivity index (χ3n) is 4.20. The van der Waals surface area contributed by atoms with Crippen molar-refractivity contribution in [3.63, 3.8) is 0 Å². The van der Waals surface area contributed by atoms with Gasteiger partial charge in [0.2, 0.25) is 5.91 Å². The smallest absolute Gasteiger partial charge is 0.230 e. The molecule has 0 saturated heterocycles. The van der Waals surface area contributed by atoms with Gasteiger partial charge in [0.05, 0.1) is 17.9 Å². The minimum absolute atomic E-state index is 0.0415. The number of nitrogens with zero attached hydrogens (tertiary/aromatic N) is 3. The van der Waals surface area contributed by atoms with Crippen LogP contribution in [-0.4, -0.2) is 33.0 Å². The molecule has 3 aromatic rings. The Hall–Kier alpha value is -2.67. The van der Waals surface area contributed by atoms with Crippen LogP contribution < -0.4 is 5.32 Å². The van der Waals surface area contributed by atoms with Gasteiger partial charge in [0.25, 0.3) is 0 Å². The monoisotopic (exact) mass is 398 g/mol. The van der Waals surface area contributed by atoms with E-state index < -0.39 is 0 Å². The minimum atomic E-state index is -0.349. The fraction of sp³-hybridized carbons (Fsp3) is 0.286. The van der Waals surface area contributed by atoms with Gasteiger partial charge in [-0.3, -0.25) is 9.36 Å². The molecule has 146 valence electrons. The third-order valence-corrected chi connectivity index (χ3v) is 5.17. The number of nitrogens with one attached hydrogen (secondary N) is 1. The summed E-state index contributed by atoms with van der Waals surface area (Å²) in [4.78, 5) is 12.0. The van der Waals surface area contributed by atoms with Crippen molar-refractivity contribution < 1.29 is 9.18 Å². The van der Waals surface area contributed by atoms with E-state index in [0.717, 1.165) is 18.4 Å². The first-order valence-electron chi connectivity index (χ1n) is 9.30. The summed E-state index contributed by atoms with van der Waals surface area (Å²) in [6.45, 7) is 3.25. The molecule has 0 unspecified atom stereocenters. The standard InChI is InChI=1S/C21H23FN4OS/c1-2-3-13-23-19(27)15-28-21-25-24-20(17-11-7-8-12-18(17)22)26(21)14-16-9-5-4-6-10-16/h4-12H,2-3,13-15H2,1H3,(H,23,27). The van der Waals surface area contributed by atoms with Gasteiger partial charge in [0, 0.05) is 6.54 Å². The quantitative estimate of drug-likeness (QED) is 0.435. The Bertz CT molecular complexity index is 914. The Balaban J connectivity index is 1.83. The van der Waals surface area contributed by atoms with E-state index in [4.69, 9.17) is 0 Å². The van der Waals surface area contributed by atoms with E-state index >= 15 is 0 Å². The fourth-order valence-corrected chi connectivity index (χ4v) is 3.50. The van der Waals surface area contributed by atoms with Gasteiger partial charge in [-0.25, -0.2) is 4.39 Å². The molecular formula is C21H23FN4OS. The Morgan fingerprint density at radius 2 is 1.86 bits per heavy atom. The van der Waals surface area contributed by atoms with Gasteiger partial charge in [-0.1, -0.05) is 67.6 Å². The van der Waals surface area contributed by atoms with Crippen molar-refractivity contribution >= 4 is 17.7 Å². The Morgan fingerprint density at radius 1 is 1.11 bits per heavy atom. The van der Waals surface area contributed by atoms with Gasteiger partial charge in [0.1, 0.15) is 5.82 Å². The van der Waals surface area contributed by atoms with Crippen molar-refractivity contribution in [3.05, 3.63) is 66.0 Å². The first-order valence-corrected chi connectivity index (χ1v) is 10.3. The number of hydrogen-bond acceptors (Lipinski definition) is 4. The molecule has 1 N–H and O–H groups in total. The summed E-state index contributed by atoms with van der Waals surface area (Å²) in [6, 6.07) is 16.4. The number of benzene rings is 2. The van der Waals surface area contributed by atoms with E-state index in [0.29, 0.717) is 29.6 Å². The molecule has 0 fully saturated rings. The van der Waals surface area contributed by atoms with Gasteiger partial charge in [-0.05, 0) is 24.1 Å². The summed E-state index contributed by atoms with van der Waals surface area (Å²) >= 11 is 1.31. The van der Waals surface area contributed by atoms with Crippen LogP contribution in [0.4, 0.5) is 4.39 Å². The van der Waals surface area contributed by atoms with Crippen LogP contribution in [0.1, 0.15) is 25.3 Å². The summed E-state index contributed by atoms with van der Waals surface area (Å²) in [7, 11) is 0. The molecule has 1 heterocycles. The maximum atomic E-state index is 14.3. The minimum Gasteiger partial charge on any atom is -0.355 e. The molecule has 0 aliphatic heterocycles. The lowest BCUT2D eigenvalue weighted by molar-refractivity contribution is -0.118. The first-order chi connectivity index (χ1) is 13.7. The highest BCUT2D eigenvalue weighted by Gasteiger charge is 2.18. The van der Waals surface area contributed by atoms with E-state index in [-0.39, 0.29) is 17.5 Å². The van der Waals surface area contributed by atoms with Gasteiger partial charge in [-0.15, -0.1) is 10.2 Å². The molecule has 1 amide bonds. The maximum absolute atomic E-state index is 14.3. The molecule has 0 saturated carbocycles. The van der Waals surface area contributed by atoms with Crippen LogP contribution in [-0.2, 0) is 11.3 Å². The molecular weight excluding hydrogens is 375 g/mol. The number of thioether (sulfide) groups is 1. The number of amides is 1. The van der Waals surface area contributed by atoms with E-state index in [1.165, 1.54) is 17.8 Å². The Kier molecular flexibility index (Phi) is 7.19. The zero-order valence-electron chi connectivity index (χ0n) is 15.8. The van der Waals surface area contributed by atoms with Gasteiger partial charge >= 0.3 is 0 Å². The van der Waals surface area contributed by atoms with Gasteiger partial charge < -0.3 is 5.32 Å². The van der Waals surface area contributed by atoms with Crippen LogP contribution in [0.3, 0.4) is 0 Å². The van der Waals surface area contributed by atoms with Crippen LogP contribution >= 0.6 is 11.8 Å². The molecule has 0 bridgehead atoms. The molecule has 0 radical (unpaired) electrons. The fourth-order valence-electron chi connectivity index (χ4n) is 2.73. The van der Waals surface area contributed by atoms with E-state index in [1.54, 1.807) is 18.2 Å². The molecule has 7 heteroatoms. The zero-order chi connectivity index (χ0) is 19.8. The lowest BCUT2D eigenvalue weighted by Crippen LogP contribution is -2.26. The van der Waals surface area contributed by atoms with Crippen molar-refractivity contribution in [2.45, 2.75) is 31.5 Å². The van der Waals surface area contributed by atoms with E-state index in [9.17, 15) is 9.18 Å². The molecule has 3 rings (SSSR count). The average Bonchev–Trinajstić information content (AvgIpc) is 3.10. The molecule has 0 aliphatic rings. The highest BCUT2D eigenvalue weighted by molar-refractivity contribution is 7.99. The number of aromatic nitrogens is 3. The number of unbranched alkanes of at least 4 members (excludes halogenated alkanes) is 1. The SMILES string of the molecule is CCCCNC(=O)CSc1nnc(-c2ccccc2F)n1Cc1ccccc1. The molecule has 2 aromatic carbocycles. The number of halogens is 1. The maximum Gasteiger partial charge on any atom is 0.230 e. The van der Waals surface area contributed by atoms with Crippen LogP contribution in [0.2, 0.25) is 0 Å². The number of carbonyl (C=O) groups is 1. The normalized spacial score (nSPS) is 10.8. The first kappa shape index (κ1) is 20.1. The van der Waals surface area contributed by atoms with Crippen molar-refractivity contribution in [1.82, 2.24) is 20.1 Å². The van der Waals surface area contributed by atoms with Gasteiger partial charge in [-0.2, -0.15) is 0 Å². The van der Waals surface area contributed by atoms with Gasteiger partial charge in [0.15, 0.2) is 11.0 Å². The van der Waals surface area contributed by atoms with Crippen molar-refractivity contribution in [3.8, 4) is 11.4 Å². The topological polar surface area (TPSA) is 59.8 Å². The predicted molar refractivity (Wildman–Crippen MR) is 110 cm³/mol. The number of carbonyl (C=O) groups excluding carboxylic acids is 1. The van der Waals surface area contributed by atoms with Crippen LogP contribution in [0.25, 0.3) is 11.4 Å². The summed E-state index contributed by atoms with van der Waals surface area (Å²) in [5.74, 6) is 0.308. The highest BCUT2D eigenvalue weighted by Crippen LogP contribution is 2.26. The highest BCUT2D eigenvalue weighted by atomic mass is 32.2. The van der Waals surface area contributed by atoms with E-state index in [2.05, 4.69) is 22.4 Å². The molecule has 0 aliphatic carbocycles. The zero-order valence-corrected chi connectivity index (χ0v) is 16.6. The molecule has 0 atom stereocenters. The number of rotatable bonds is 9. The lowest BCUT2D eigenvalue weighted by atomic mass is 10.2. The lowest BCUT2D eigenvalue weighted by Gasteiger charge is -2.11. The van der Waals surface area contributed by atoms with Crippen molar-refractivity contribution in [2.75, 3.05) is 12.3 Å². The molecule has 0 spiro atoms. The Labute approximate surface area is 168 Å². The second-order valence-corrected chi connectivity index (χ2v) is 7.29. The Morgan fingerprint density at radius 3 is 2.61 bits per heavy atom. The van der Waals surface area contributed by atoms with Crippen molar-refractivity contribution in [1.29, 1.82) is 0 Å². The van der Waals surface area contributed by atoms with Crippen LogP contribution in [0.5, 0.6) is 0 Å². The predicted octanol–water partition coefficient (Wildman–Crippen LogP) is 4.14. The summed E-state index contributed by atoms with van der Waals surface area (Å²) in [5.41, 5.74) is 1.44. The average molecular weight is 399 g/mol. The molecule has 5 nitrogen and oxygen atoms in total. The summed E-state index contributed by atoms with van der Waals surface area (Å²) < 4.78 is 16.2. The van der Waals surface area contributed by atoms with Crippen molar-refractivity contribution in [2.24, 2.45) is 0 Å². The third kappa shape index (κ3) is 5.19. The molecule has 1 aromatic heterocycles. The summed E-state index contributed by atoms with van der Waals surface area (Å²) in [5, 5.41) is 11.9. The second-order valence-electron chi connectivity index (χ2n) is 6.35. The number of hydrogen-bond donors (Lipinski definition) is 1. The van der Waals surface area contributed by atoms with E-state index in [1.807, 2.05) is 34.9 Å².